The van der Waals surface area contributed by atoms with Gasteiger partial charge in [0.25, 0.3) is 0 Å². The van der Waals surface area contributed by atoms with Crippen molar-refractivity contribution in [2.75, 3.05) is 0 Å². The van der Waals surface area contributed by atoms with Crippen LogP contribution in [0.15, 0.2) is 17.3 Å². The largest absolute Gasteiger partial charge is 0.389 e. The van der Waals surface area contributed by atoms with Gasteiger partial charge in [0.05, 0.1) is 5.71 Å². The molecule has 1 aliphatic rings. The Labute approximate surface area is 118 Å². The summed E-state index contributed by atoms with van der Waals surface area (Å²) in [6.07, 6.45) is 2.59. The van der Waals surface area contributed by atoms with Gasteiger partial charge in [-0.2, -0.15) is 0 Å². The maximum absolute atomic E-state index is 6.21. The molecule has 2 nitrogen and oxygen atoms in total. The Morgan fingerprint density at radius 2 is 1.94 bits per heavy atom. The first kappa shape index (κ1) is 13.7. The Morgan fingerprint density at radius 1 is 1.22 bits per heavy atom. The predicted molar refractivity (Wildman–Crippen MR) is 76.7 cm³/mol. The zero-order chi connectivity index (χ0) is 13.3. The summed E-state index contributed by atoms with van der Waals surface area (Å²) in [5.74, 6) is 0. The van der Waals surface area contributed by atoms with Crippen LogP contribution in [0.25, 0.3) is 0 Å². The lowest BCUT2D eigenvalue weighted by atomic mass is 9.98. The van der Waals surface area contributed by atoms with E-state index >= 15 is 0 Å². The molecule has 0 spiro atoms. The zero-order valence-electron chi connectivity index (χ0n) is 10.9. The Kier molecular flexibility index (Phi) is 3.88. The number of halogens is 2. The van der Waals surface area contributed by atoms with E-state index in [-0.39, 0.29) is 5.60 Å². The molecule has 2 rings (SSSR count). The second kappa shape index (κ2) is 5.10. The third kappa shape index (κ3) is 3.18. The molecule has 0 saturated heterocycles. The third-order valence-electron chi connectivity index (χ3n) is 3.06. The van der Waals surface area contributed by atoms with Crippen molar-refractivity contribution in [1.82, 2.24) is 0 Å². The standard InChI is InChI=1S/C14H17Cl2NO/c1-9-6-13(16)10(7-12(9)15)4-5-11-8-14(2,3)18-17-11/h6-7H,4-5,8H2,1-3H3. The lowest BCUT2D eigenvalue weighted by Crippen LogP contribution is -2.19. The summed E-state index contributed by atoms with van der Waals surface area (Å²) < 4.78 is 0. The summed E-state index contributed by atoms with van der Waals surface area (Å²) in [6.45, 7) is 6.04. The highest BCUT2D eigenvalue weighted by molar-refractivity contribution is 6.34. The molecule has 0 bridgehead atoms. The summed E-state index contributed by atoms with van der Waals surface area (Å²) in [5, 5.41) is 5.65. The Bertz CT molecular complexity index is 495. The maximum atomic E-state index is 6.21. The van der Waals surface area contributed by atoms with Crippen molar-refractivity contribution in [2.24, 2.45) is 5.16 Å². The molecule has 1 aromatic rings. The van der Waals surface area contributed by atoms with Crippen LogP contribution in [-0.4, -0.2) is 11.3 Å². The van der Waals surface area contributed by atoms with Crippen LogP contribution in [0, 0.1) is 6.92 Å². The Morgan fingerprint density at radius 3 is 2.56 bits per heavy atom. The van der Waals surface area contributed by atoms with Crippen molar-refractivity contribution in [2.45, 2.75) is 45.6 Å². The molecule has 0 aromatic heterocycles. The second-order valence-corrected chi connectivity index (χ2v) is 6.19. The van der Waals surface area contributed by atoms with Gasteiger partial charge in [0.15, 0.2) is 0 Å². The van der Waals surface area contributed by atoms with E-state index in [2.05, 4.69) is 5.16 Å². The molecule has 0 atom stereocenters. The van der Waals surface area contributed by atoms with Gasteiger partial charge in [-0.1, -0.05) is 28.4 Å². The van der Waals surface area contributed by atoms with Crippen LogP contribution in [0.2, 0.25) is 10.0 Å². The van der Waals surface area contributed by atoms with Gasteiger partial charge < -0.3 is 4.84 Å². The molecular formula is C14H17Cl2NO. The Balaban J connectivity index is 2.01. The van der Waals surface area contributed by atoms with E-state index < -0.39 is 0 Å². The summed E-state index contributed by atoms with van der Waals surface area (Å²) >= 11 is 12.3. The molecule has 0 unspecified atom stereocenters. The van der Waals surface area contributed by atoms with E-state index in [1.165, 1.54) is 0 Å². The molecule has 18 heavy (non-hydrogen) atoms. The van der Waals surface area contributed by atoms with Crippen molar-refractivity contribution < 1.29 is 4.84 Å². The quantitative estimate of drug-likeness (QED) is 0.783. The Hall–Kier alpha value is -0.730. The van der Waals surface area contributed by atoms with Crippen LogP contribution in [0.3, 0.4) is 0 Å². The first-order valence-corrected chi connectivity index (χ1v) is 6.81. The van der Waals surface area contributed by atoms with Gasteiger partial charge in [-0.3, -0.25) is 0 Å². The normalized spacial score (nSPS) is 17.5. The number of oxime groups is 1. The van der Waals surface area contributed by atoms with Gasteiger partial charge in [0.1, 0.15) is 5.60 Å². The predicted octanol–water partition coefficient (Wildman–Crippen LogP) is 4.79. The van der Waals surface area contributed by atoms with E-state index in [0.717, 1.165) is 46.1 Å². The lowest BCUT2D eigenvalue weighted by molar-refractivity contribution is 0.0123. The van der Waals surface area contributed by atoms with Crippen LogP contribution >= 0.6 is 23.2 Å². The minimum Gasteiger partial charge on any atom is -0.389 e. The van der Waals surface area contributed by atoms with Gasteiger partial charge in [-0.05, 0) is 56.9 Å². The number of benzene rings is 1. The van der Waals surface area contributed by atoms with Crippen molar-refractivity contribution in [1.29, 1.82) is 0 Å². The summed E-state index contributed by atoms with van der Waals surface area (Å²) in [5.41, 5.74) is 3.00. The molecule has 0 radical (unpaired) electrons. The number of rotatable bonds is 3. The average Bonchev–Trinajstić information content (AvgIpc) is 2.62. The van der Waals surface area contributed by atoms with Gasteiger partial charge in [0, 0.05) is 16.5 Å². The van der Waals surface area contributed by atoms with E-state index in [1.807, 2.05) is 32.9 Å². The van der Waals surface area contributed by atoms with Gasteiger partial charge in [-0.15, -0.1) is 0 Å². The minimum atomic E-state index is -0.163. The van der Waals surface area contributed by atoms with Gasteiger partial charge in [0.2, 0.25) is 0 Å². The van der Waals surface area contributed by atoms with Crippen LogP contribution < -0.4 is 0 Å². The third-order valence-corrected chi connectivity index (χ3v) is 3.82. The van der Waals surface area contributed by atoms with Crippen molar-refractivity contribution >= 4 is 28.9 Å². The fourth-order valence-corrected chi connectivity index (χ4v) is 2.54. The molecular weight excluding hydrogens is 269 g/mol. The van der Waals surface area contributed by atoms with E-state index in [9.17, 15) is 0 Å². The monoisotopic (exact) mass is 285 g/mol. The van der Waals surface area contributed by atoms with E-state index in [1.54, 1.807) is 0 Å². The number of hydrogen-bond donors (Lipinski definition) is 0. The van der Waals surface area contributed by atoms with Gasteiger partial charge in [-0.25, -0.2) is 0 Å². The molecule has 1 aliphatic heterocycles. The van der Waals surface area contributed by atoms with Crippen LogP contribution in [0.5, 0.6) is 0 Å². The van der Waals surface area contributed by atoms with Crippen molar-refractivity contribution in [3.8, 4) is 0 Å². The molecule has 0 amide bonds. The SMILES string of the molecule is Cc1cc(Cl)c(CCC2=NOC(C)(C)C2)cc1Cl. The maximum Gasteiger partial charge on any atom is 0.137 e. The van der Waals surface area contributed by atoms with Crippen molar-refractivity contribution in [3.05, 3.63) is 33.3 Å². The highest BCUT2D eigenvalue weighted by Gasteiger charge is 2.28. The summed E-state index contributed by atoms with van der Waals surface area (Å²) in [6, 6.07) is 3.86. The van der Waals surface area contributed by atoms with Crippen LogP contribution in [0.4, 0.5) is 0 Å². The smallest absolute Gasteiger partial charge is 0.137 e. The molecule has 0 N–H and O–H groups in total. The lowest BCUT2D eigenvalue weighted by Gasteiger charge is -2.13. The topological polar surface area (TPSA) is 21.6 Å². The number of hydrogen-bond acceptors (Lipinski definition) is 2. The summed E-state index contributed by atoms with van der Waals surface area (Å²) in [4.78, 5) is 5.34. The fraction of sp³-hybridized carbons (Fsp3) is 0.500. The van der Waals surface area contributed by atoms with E-state index in [0.29, 0.717) is 0 Å². The molecule has 1 heterocycles. The second-order valence-electron chi connectivity index (χ2n) is 5.38. The van der Waals surface area contributed by atoms with Crippen molar-refractivity contribution in [3.63, 3.8) is 0 Å². The minimum absolute atomic E-state index is 0.163. The molecule has 0 aliphatic carbocycles. The molecule has 4 heteroatoms. The van der Waals surface area contributed by atoms with Gasteiger partial charge >= 0.3 is 0 Å². The average molecular weight is 286 g/mol. The highest BCUT2D eigenvalue weighted by atomic mass is 35.5. The number of aryl methyl sites for hydroxylation is 2. The molecule has 98 valence electrons. The van der Waals surface area contributed by atoms with Crippen LogP contribution in [-0.2, 0) is 11.3 Å². The number of nitrogens with zero attached hydrogens (tertiary/aromatic N) is 1. The molecule has 0 fully saturated rings. The van der Waals surface area contributed by atoms with E-state index in [4.69, 9.17) is 28.0 Å². The fourth-order valence-electron chi connectivity index (χ4n) is 2.04. The highest BCUT2D eigenvalue weighted by Crippen LogP contribution is 2.28. The first-order valence-electron chi connectivity index (χ1n) is 6.06. The zero-order valence-corrected chi connectivity index (χ0v) is 12.4. The molecule has 0 saturated carbocycles. The summed E-state index contributed by atoms with van der Waals surface area (Å²) in [7, 11) is 0. The molecule has 1 aromatic carbocycles. The first-order chi connectivity index (χ1) is 8.37. The van der Waals surface area contributed by atoms with Crippen LogP contribution in [0.1, 0.15) is 37.8 Å².